The molecule has 0 saturated carbocycles. The minimum atomic E-state index is -0.225. The van der Waals surface area contributed by atoms with Gasteiger partial charge in [0, 0.05) is 5.56 Å². The third-order valence-corrected chi connectivity index (χ3v) is 2.78. The predicted octanol–water partition coefficient (Wildman–Crippen LogP) is 4.15. The molecule has 3 aromatic rings. The summed E-state index contributed by atoms with van der Waals surface area (Å²) in [5, 5.41) is 0. The first kappa shape index (κ1) is 10.7. The van der Waals surface area contributed by atoms with Crippen molar-refractivity contribution in [3.63, 3.8) is 0 Å². The summed E-state index contributed by atoms with van der Waals surface area (Å²) in [5.41, 5.74) is 3.00. The van der Waals surface area contributed by atoms with Gasteiger partial charge in [-0.2, -0.15) is 0 Å². The molecule has 3 heteroatoms. The average molecular weight is 239 g/mol. The fourth-order valence-corrected chi connectivity index (χ4v) is 1.83. The van der Waals surface area contributed by atoms with Crippen LogP contribution in [0.1, 0.15) is 0 Å². The van der Waals surface area contributed by atoms with Gasteiger partial charge in [0.15, 0.2) is 12.2 Å². The molecule has 0 spiro atoms. The number of benzene rings is 2. The van der Waals surface area contributed by atoms with Crippen LogP contribution in [0.25, 0.3) is 22.5 Å². The van der Waals surface area contributed by atoms with Crippen molar-refractivity contribution in [2.24, 2.45) is 0 Å². The highest BCUT2D eigenvalue weighted by molar-refractivity contribution is 5.67. The normalized spacial score (nSPS) is 10.5. The smallest absolute Gasteiger partial charge is 0.181 e. The SMILES string of the molecule is Fc1ccc(-c2ccc(-c3cnco3)cc2)cc1. The molecule has 0 radical (unpaired) electrons. The molecule has 2 aromatic carbocycles. The standard InChI is InChI=1S/C15H10FNO/c16-14-7-5-12(6-8-14)11-1-3-13(4-2-11)15-9-17-10-18-15/h1-10H. The molecule has 0 bridgehead atoms. The van der Waals surface area contributed by atoms with Gasteiger partial charge in [-0.05, 0) is 23.3 Å². The van der Waals surface area contributed by atoms with Crippen LogP contribution >= 0.6 is 0 Å². The van der Waals surface area contributed by atoms with Crippen molar-refractivity contribution in [1.29, 1.82) is 0 Å². The summed E-state index contributed by atoms with van der Waals surface area (Å²) in [4.78, 5) is 3.88. The van der Waals surface area contributed by atoms with E-state index in [1.807, 2.05) is 24.3 Å². The van der Waals surface area contributed by atoms with Gasteiger partial charge in [-0.3, -0.25) is 0 Å². The summed E-state index contributed by atoms with van der Waals surface area (Å²) >= 11 is 0. The van der Waals surface area contributed by atoms with Gasteiger partial charge >= 0.3 is 0 Å². The summed E-state index contributed by atoms with van der Waals surface area (Å²) in [6.07, 6.45) is 3.08. The summed E-state index contributed by atoms with van der Waals surface area (Å²) in [5.74, 6) is 0.512. The Hall–Kier alpha value is -2.42. The molecule has 1 heterocycles. The van der Waals surface area contributed by atoms with E-state index in [9.17, 15) is 4.39 Å². The summed E-state index contributed by atoms with van der Waals surface area (Å²) < 4.78 is 18.1. The largest absolute Gasteiger partial charge is 0.444 e. The van der Waals surface area contributed by atoms with Gasteiger partial charge in [0.05, 0.1) is 6.20 Å². The van der Waals surface area contributed by atoms with Crippen LogP contribution < -0.4 is 0 Å². The van der Waals surface area contributed by atoms with Crippen LogP contribution in [0.15, 0.2) is 65.5 Å². The summed E-state index contributed by atoms with van der Waals surface area (Å²) in [7, 11) is 0. The number of rotatable bonds is 2. The van der Waals surface area contributed by atoms with E-state index >= 15 is 0 Å². The van der Waals surface area contributed by atoms with Crippen molar-refractivity contribution in [2.75, 3.05) is 0 Å². The van der Waals surface area contributed by atoms with Crippen LogP contribution in [0.4, 0.5) is 4.39 Å². The Bertz CT molecular complexity index is 627. The van der Waals surface area contributed by atoms with Gasteiger partial charge < -0.3 is 4.42 Å². The van der Waals surface area contributed by atoms with E-state index in [0.29, 0.717) is 0 Å². The molecule has 0 aliphatic rings. The minimum Gasteiger partial charge on any atom is -0.444 e. The Morgan fingerprint density at radius 2 is 1.33 bits per heavy atom. The zero-order valence-corrected chi connectivity index (χ0v) is 9.51. The quantitative estimate of drug-likeness (QED) is 0.671. The van der Waals surface area contributed by atoms with E-state index < -0.39 is 0 Å². The van der Waals surface area contributed by atoms with Gasteiger partial charge in [-0.25, -0.2) is 9.37 Å². The third-order valence-electron chi connectivity index (χ3n) is 2.78. The highest BCUT2D eigenvalue weighted by Crippen LogP contribution is 2.24. The molecule has 0 N–H and O–H groups in total. The minimum absolute atomic E-state index is 0.225. The lowest BCUT2D eigenvalue weighted by molar-refractivity contribution is 0.572. The lowest BCUT2D eigenvalue weighted by Gasteiger charge is -2.02. The van der Waals surface area contributed by atoms with Gasteiger partial charge in [0.2, 0.25) is 0 Å². The molecule has 2 nitrogen and oxygen atoms in total. The molecule has 1 aromatic heterocycles. The molecule has 0 aliphatic heterocycles. The van der Waals surface area contributed by atoms with Gasteiger partial charge in [0.25, 0.3) is 0 Å². The Morgan fingerprint density at radius 3 is 1.89 bits per heavy atom. The second-order valence-electron chi connectivity index (χ2n) is 3.95. The molecule has 0 saturated heterocycles. The molecule has 0 fully saturated rings. The second kappa shape index (κ2) is 4.45. The zero-order chi connectivity index (χ0) is 12.4. The number of halogens is 1. The first-order valence-corrected chi connectivity index (χ1v) is 5.58. The number of nitrogens with zero attached hydrogens (tertiary/aromatic N) is 1. The van der Waals surface area contributed by atoms with Crippen LogP contribution in [0.2, 0.25) is 0 Å². The molecule has 3 rings (SSSR count). The van der Waals surface area contributed by atoms with Crippen molar-refractivity contribution in [3.8, 4) is 22.5 Å². The Balaban J connectivity index is 1.94. The maximum absolute atomic E-state index is 12.8. The molecule has 88 valence electrons. The Labute approximate surface area is 104 Å². The first-order chi connectivity index (χ1) is 8.83. The van der Waals surface area contributed by atoms with Crippen molar-refractivity contribution in [1.82, 2.24) is 4.98 Å². The van der Waals surface area contributed by atoms with Crippen molar-refractivity contribution in [2.45, 2.75) is 0 Å². The fraction of sp³-hybridized carbons (Fsp3) is 0. The topological polar surface area (TPSA) is 26.0 Å². The van der Waals surface area contributed by atoms with Gasteiger partial charge in [0.1, 0.15) is 5.82 Å². The zero-order valence-electron chi connectivity index (χ0n) is 9.51. The third kappa shape index (κ3) is 2.02. The van der Waals surface area contributed by atoms with E-state index in [1.165, 1.54) is 18.5 Å². The number of oxazole rings is 1. The molecule has 0 unspecified atom stereocenters. The highest BCUT2D eigenvalue weighted by atomic mass is 19.1. The van der Waals surface area contributed by atoms with E-state index in [4.69, 9.17) is 4.42 Å². The highest BCUT2D eigenvalue weighted by Gasteiger charge is 2.02. The van der Waals surface area contributed by atoms with E-state index in [-0.39, 0.29) is 5.82 Å². The predicted molar refractivity (Wildman–Crippen MR) is 67.3 cm³/mol. The second-order valence-corrected chi connectivity index (χ2v) is 3.95. The Kier molecular flexibility index (Phi) is 2.65. The average Bonchev–Trinajstić information content (AvgIpc) is 2.94. The molecule has 18 heavy (non-hydrogen) atoms. The molecule has 0 atom stereocenters. The maximum Gasteiger partial charge on any atom is 0.181 e. The van der Waals surface area contributed by atoms with Crippen molar-refractivity contribution < 1.29 is 8.81 Å². The monoisotopic (exact) mass is 239 g/mol. The van der Waals surface area contributed by atoms with Crippen LogP contribution in [0, 0.1) is 5.82 Å². The van der Waals surface area contributed by atoms with Crippen LogP contribution in [0.3, 0.4) is 0 Å². The van der Waals surface area contributed by atoms with Crippen molar-refractivity contribution >= 4 is 0 Å². The van der Waals surface area contributed by atoms with Crippen LogP contribution in [-0.2, 0) is 0 Å². The number of aromatic nitrogens is 1. The summed E-state index contributed by atoms with van der Waals surface area (Å²) in [6.45, 7) is 0. The first-order valence-electron chi connectivity index (χ1n) is 5.58. The van der Waals surface area contributed by atoms with E-state index in [1.54, 1.807) is 18.3 Å². The van der Waals surface area contributed by atoms with Crippen LogP contribution in [0.5, 0.6) is 0 Å². The van der Waals surface area contributed by atoms with Gasteiger partial charge in [-0.1, -0.05) is 36.4 Å². The number of hydrogen-bond acceptors (Lipinski definition) is 2. The summed E-state index contributed by atoms with van der Waals surface area (Å²) in [6, 6.07) is 14.3. The number of hydrogen-bond donors (Lipinski definition) is 0. The van der Waals surface area contributed by atoms with Crippen LogP contribution in [-0.4, -0.2) is 4.98 Å². The maximum atomic E-state index is 12.8. The van der Waals surface area contributed by atoms with E-state index in [2.05, 4.69) is 4.98 Å². The molecule has 0 aliphatic carbocycles. The lowest BCUT2D eigenvalue weighted by atomic mass is 10.0. The van der Waals surface area contributed by atoms with E-state index in [0.717, 1.165) is 22.5 Å². The molecular weight excluding hydrogens is 229 g/mol. The molecular formula is C15H10FNO. The molecule has 0 amide bonds. The van der Waals surface area contributed by atoms with Gasteiger partial charge in [-0.15, -0.1) is 0 Å². The Morgan fingerprint density at radius 1 is 0.778 bits per heavy atom. The fourth-order valence-electron chi connectivity index (χ4n) is 1.83. The van der Waals surface area contributed by atoms with Crippen molar-refractivity contribution in [3.05, 3.63) is 66.9 Å². The lowest BCUT2D eigenvalue weighted by Crippen LogP contribution is -1.80.